The molecule has 3 nitrogen and oxygen atoms in total. The molecule has 0 aliphatic heterocycles. The lowest BCUT2D eigenvalue weighted by Crippen LogP contribution is -2.44. The first kappa shape index (κ1) is 15.3. The predicted octanol–water partition coefficient (Wildman–Crippen LogP) is 2.94. The van der Waals surface area contributed by atoms with Crippen LogP contribution in [0.3, 0.4) is 0 Å². The Kier molecular flexibility index (Phi) is 5.45. The lowest BCUT2D eigenvalue weighted by atomic mass is 10.0. The lowest BCUT2D eigenvalue weighted by molar-refractivity contribution is -0.132. The number of likely N-dealkylation sites (N-methyl/N-ethyl adjacent to an activating group) is 1. The molecule has 0 aromatic heterocycles. The zero-order valence-electron chi connectivity index (χ0n) is 10.8. The Labute approximate surface area is 118 Å². The molecule has 1 aromatic rings. The largest absolute Gasteiger partial charge is 0.340 e. The van der Waals surface area contributed by atoms with Crippen molar-refractivity contribution in [1.29, 1.82) is 0 Å². The first-order valence-electron chi connectivity index (χ1n) is 5.77. The number of halogens is 2. The van der Waals surface area contributed by atoms with Gasteiger partial charge < -0.3 is 10.6 Å². The van der Waals surface area contributed by atoms with E-state index in [1.807, 2.05) is 13.8 Å². The minimum absolute atomic E-state index is 0.0963. The van der Waals surface area contributed by atoms with Crippen LogP contribution >= 0.6 is 23.2 Å². The van der Waals surface area contributed by atoms with Crippen LogP contribution in [0.15, 0.2) is 18.2 Å². The van der Waals surface area contributed by atoms with Crippen LogP contribution in [0, 0.1) is 5.92 Å². The molecule has 100 valence electrons. The van der Waals surface area contributed by atoms with Crippen LogP contribution in [0.4, 0.5) is 0 Å². The molecule has 0 spiro atoms. The fourth-order valence-electron chi connectivity index (χ4n) is 1.54. The molecule has 0 saturated heterocycles. The summed E-state index contributed by atoms with van der Waals surface area (Å²) in [4.78, 5) is 13.6. The maximum absolute atomic E-state index is 12.0. The fraction of sp³-hybridized carbons (Fsp3) is 0.462. The van der Waals surface area contributed by atoms with Gasteiger partial charge in [-0.05, 0) is 29.7 Å². The van der Waals surface area contributed by atoms with Crippen LogP contribution in [0.5, 0.6) is 0 Å². The van der Waals surface area contributed by atoms with Crippen molar-refractivity contribution in [2.75, 3.05) is 7.05 Å². The highest BCUT2D eigenvalue weighted by atomic mass is 35.5. The molecule has 0 aliphatic rings. The van der Waals surface area contributed by atoms with E-state index in [-0.39, 0.29) is 11.8 Å². The molecule has 0 saturated carbocycles. The van der Waals surface area contributed by atoms with E-state index >= 15 is 0 Å². The van der Waals surface area contributed by atoms with Crippen molar-refractivity contribution < 1.29 is 4.79 Å². The minimum atomic E-state index is -0.493. The van der Waals surface area contributed by atoms with Gasteiger partial charge in [-0.2, -0.15) is 0 Å². The molecule has 1 rings (SSSR count). The molecule has 1 amide bonds. The number of carbonyl (C=O) groups is 1. The standard InChI is InChI=1S/C13H18Cl2N2O/c1-8(2)12(16)13(18)17(3)7-9-6-10(14)4-5-11(9)15/h4-6,8,12H,7,16H2,1-3H3. The van der Waals surface area contributed by atoms with E-state index in [1.165, 1.54) is 0 Å². The highest BCUT2D eigenvalue weighted by Gasteiger charge is 2.21. The number of carbonyl (C=O) groups excluding carboxylic acids is 1. The quantitative estimate of drug-likeness (QED) is 0.926. The van der Waals surface area contributed by atoms with Gasteiger partial charge in [0.2, 0.25) is 5.91 Å². The van der Waals surface area contributed by atoms with Crippen molar-refractivity contribution in [3.63, 3.8) is 0 Å². The van der Waals surface area contributed by atoms with Crippen molar-refractivity contribution in [3.05, 3.63) is 33.8 Å². The molecular formula is C13H18Cl2N2O. The third-order valence-corrected chi connectivity index (χ3v) is 3.40. The van der Waals surface area contributed by atoms with Gasteiger partial charge in [0.25, 0.3) is 0 Å². The number of benzene rings is 1. The van der Waals surface area contributed by atoms with E-state index in [0.717, 1.165) is 5.56 Å². The summed E-state index contributed by atoms with van der Waals surface area (Å²) < 4.78 is 0. The number of nitrogens with zero attached hydrogens (tertiary/aromatic N) is 1. The maximum atomic E-state index is 12.0. The molecule has 0 aliphatic carbocycles. The minimum Gasteiger partial charge on any atom is -0.340 e. The summed E-state index contributed by atoms with van der Waals surface area (Å²) in [5.74, 6) is 0.0100. The van der Waals surface area contributed by atoms with Crippen LogP contribution in [-0.4, -0.2) is 23.9 Å². The van der Waals surface area contributed by atoms with Gasteiger partial charge in [0.15, 0.2) is 0 Å². The predicted molar refractivity (Wildman–Crippen MR) is 75.7 cm³/mol. The van der Waals surface area contributed by atoms with Crippen molar-refractivity contribution in [1.82, 2.24) is 4.90 Å². The average Bonchev–Trinajstić information content (AvgIpc) is 2.31. The second-order valence-corrected chi connectivity index (χ2v) is 5.54. The van der Waals surface area contributed by atoms with Gasteiger partial charge in [-0.25, -0.2) is 0 Å². The van der Waals surface area contributed by atoms with Crippen LogP contribution < -0.4 is 5.73 Å². The van der Waals surface area contributed by atoms with E-state index in [9.17, 15) is 4.79 Å². The Balaban J connectivity index is 2.78. The van der Waals surface area contributed by atoms with Gasteiger partial charge in [-0.15, -0.1) is 0 Å². The summed E-state index contributed by atoms with van der Waals surface area (Å²) in [6, 6.07) is 4.71. The lowest BCUT2D eigenvalue weighted by Gasteiger charge is -2.23. The summed E-state index contributed by atoms with van der Waals surface area (Å²) in [6.07, 6.45) is 0. The third kappa shape index (κ3) is 3.87. The van der Waals surface area contributed by atoms with E-state index < -0.39 is 6.04 Å². The molecule has 1 atom stereocenters. The van der Waals surface area contributed by atoms with Crippen LogP contribution in [-0.2, 0) is 11.3 Å². The second kappa shape index (κ2) is 6.41. The number of amides is 1. The van der Waals surface area contributed by atoms with Gasteiger partial charge in [0.05, 0.1) is 6.04 Å². The van der Waals surface area contributed by atoms with Gasteiger partial charge in [-0.3, -0.25) is 4.79 Å². The Hall–Kier alpha value is -0.770. The van der Waals surface area contributed by atoms with Crippen LogP contribution in [0.1, 0.15) is 19.4 Å². The summed E-state index contributed by atoms with van der Waals surface area (Å²) >= 11 is 12.0. The first-order chi connectivity index (χ1) is 8.32. The zero-order valence-corrected chi connectivity index (χ0v) is 12.3. The SMILES string of the molecule is CC(C)C(N)C(=O)N(C)Cc1cc(Cl)ccc1Cl. The molecule has 5 heteroatoms. The van der Waals surface area contributed by atoms with E-state index in [4.69, 9.17) is 28.9 Å². The average molecular weight is 289 g/mol. The summed E-state index contributed by atoms with van der Waals surface area (Å²) in [6.45, 7) is 4.24. The first-order valence-corrected chi connectivity index (χ1v) is 6.53. The molecule has 18 heavy (non-hydrogen) atoms. The molecule has 0 fully saturated rings. The van der Waals surface area contributed by atoms with Crippen LogP contribution in [0.25, 0.3) is 0 Å². The normalized spacial score (nSPS) is 12.6. The summed E-state index contributed by atoms with van der Waals surface area (Å²) in [7, 11) is 1.71. The Morgan fingerprint density at radius 2 is 2.00 bits per heavy atom. The number of hydrogen-bond acceptors (Lipinski definition) is 2. The molecular weight excluding hydrogens is 271 g/mol. The molecule has 1 aromatic carbocycles. The van der Waals surface area contributed by atoms with E-state index in [2.05, 4.69) is 0 Å². The summed E-state index contributed by atoms with van der Waals surface area (Å²) in [5, 5.41) is 1.19. The summed E-state index contributed by atoms with van der Waals surface area (Å²) in [5.41, 5.74) is 6.65. The van der Waals surface area contributed by atoms with E-state index in [0.29, 0.717) is 16.6 Å². The number of hydrogen-bond donors (Lipinski definition) is 1. The van der Waals surface area contributed by atoms with Gasteiger partial charge in [0.1, 0.15) is 0 Å². The Morgan fingerprint density at radius 3 is 2.56 bits per heavy atom. The van der Waals surface area contributed by atoms with E-state index in [1.54, 1.807) is 30.1 Å². The highest BCUT2D eigenvalue weighted by Crippen LogP contribution is 2.22. The number of nitrogens with two attached hydrogens (primary N) is 1. The zero-order chi connectivity index (χ0) is 13.9. The molecule has 0 radical (unpaired) electrons. The van der Waals surface area contributed by atoms with Gasteiger partial charge >= 0.3 is 0 Å². The smallest absolute Gasteiger partial charge is 0.239 e. The Bertz CT molecular complexity index is 435. The van der Waals surface area contributed by atoms with Crippen molar-refractivity contribution >= 4 is 29.1 Å². The van der Waals surface area contributed by atoms with Crippen LogP contribution in [0.2, 0.25) is 10.0 Å². The number of rotatable bonds is 4. The maximum Gasteiger partial charge on any atom is 0.239 e. The van der Waals surface area contributed by atoms with Crippen molar-refractivity contribution in [2.45, 2.75) is 26.4 Å². The fourth-order valence-corrected chi connectivity index (χ4v) is 1.91. The van der Waals surface area contributed by atoms with Crippen molar-refractivity contribution in [3.8, 4) is 0 Å². The topological polar surface area (TPSA) is 46.3 Å². The van der Waals surface area contributed by atoms with Gasteiger partial charge in [-0.1, -0.05) is 37.0 Å². The molecule has 0 bridgehead atoms. The second-order valence-electron chi connectivity index (χ2n) is 4.70. The monoisotopic (exact) mass is 288 g/mol. The molecule has 0 heterocycles. The highest BCUT2D eigenvalue weighted by molar-refractivity contribution is 6.33. The third-order valence-electron chi connectivity index (χ3n) is 2.79. The molecule has 2 N–H and O–H groups in total. The van der Waals surface area contributed by atoms with Crippen molar-refractivity contribution in [2.24, 2.45) is 11.7 Å². The van der Waals surface area contributed by atoms with Gasteiger partial charge in [0, 0.05) is 23.6 Å². The molecule has 1 unspecified atom stereocenters. The Morgan fingerprint density at radius 1 is 1.39 bits per heavy atom.